The van der Waals surface area contributed by atoms with Crippen molar-refractivity contribution in [1.82, 2.24) is 0 Å². The number of nitrogens with zero attached hydrogens (tertiary/aromatic N) is 1. The molecule has 2 unspecified atom stereocenters. The molecule has 0 aliphatic rings. The third-order valence-corrected chi connectivity index (χ3v) is 5.70. The van der Waals surface area contributed by atoms with E-state index in [-0.39, 0.29) is 18.8 Å². The van der Waals surface area contributed by atoms with Crippen molar-refractivity contribution in [2.24, 2.45) is 0 Å². The lowest BCUT2D eigenvalue weighted by atomic mass is 10.0. The van der Waals surface area contributed by atoms with Crippen LogP contribution in [0.5, 0.6) is 0 Å². The van der Waals surface area contributed by atoms with Crippen molar-refractivity contribution < 1.29 is 43.5 Å². The molecule has 5 N–H and O–H groups in total. The highest BCUT2D eigenvalue weighted by molar-refractivity contribution is 7.46. The van der Waals surface area contributed by atoms with Crippen LogP contribution in [0.15, 0.2) is 0 Å². The Balaban J connectivity index is 0. The van der Waals surface area contributed by atoms with Gasteiger partial charge in [0.15, 0.2) is 5.78 Å². The molecule has 0 saturated carbocycles. The molecule has 0 aromatic rings. The van der Waals surface area contributed by atoms with E-state index in [0.717, 1.165) is 19.3 Å². The Bertz CT molecular complexity index is 507. The zero-order valence-corrected chi connectivity index (χ0v) is 22.2. The highest BCUT2D eigenvalue weighted by atomic mass is 31.2. The molecule has 2 atom stereocenters. The van der Waals surface area contributed by atoms with Gasteiger partial charge in [0, 0.05) is 6.42 Å². The lowest BCUT2D eigenvalue weighted by Gasteiger charge is -2.23. The largest absolute Gasteiger partial charge is 0.469 e. The van der Waals surface area contributed by atoms with Gasteiger partial charge in [0.05, 0.1) is 27.7 Å². The minimum absolute atomic E-state index is 0.0772. The topological polar surface area (TPSA) is 145 Å². The van der Waals surface area contributed by atoms with Crippen molar-refractivity contribution in [2.45, 2.75) is 103 Å². The van der Waals surface area contributed by atoms with Crippen molar-refractivity contribution >= 4 is 13.6 Å². The zero-order chi connectivity index (χ0) is 25.8. The second-order valence-corrected chi connectivity index (χ2v) is 10.9. The number of carbonyl (C=O) groups excluding carboxylic acids is 1. The lowest BCUT2D eigenvalue weighted by molar-refractivity contribution is -0.870. The van der Waals surface area contributed by atoms with Gasteiger partial charge in [-0.15, -0.1) is 0 Å². The van der Waals surface area contributed by atoms with Crippen molar-refractivity contribution in [3.8, 4) is 0 Å². The van der Waals surface area contributed by atoms with Gasteiger partial charge in [0.25, 0.3) is 0 Å². The standard InChI is InChI=1S/C18H36O4.C5H14NO4P/c1-2-3-4-5-6-7-8-9-10-11-12-13-14-16(20)18(22)17(21)15-19;1-6(2,3)4-5-10-11(7,8)9/h17-19,21-22H,2-15H2,1H3;4-5H2,1-3H3,(H-,7,8,9)/p+1. The maximum absolute atomic E-state index is 11.5. The third-order valence-electron chi connectivity index (χ3n) is 5.18. The van der Waals surface area contributed by atoms with Gasteiger partial charge in [0.2, 0.25) is 0 Å². The van der Waals surface area contributed by atoms with Crippen LogP contribution >= 0.6 is 7.82 Å². The van der Waals surface area contributed by atoms with Crippen LogP contribution in [0.1, 0.15) is 90.4 Å². The van der Waals surface area contributed by atoms with E-state index < -0.39 is 26.6 Å². The van der Waals surface area contributed by atoms with Crippen LogP contribution in [0.25, 0.3) is 0 Å². The van der Waals surface area contributed by atoms with Crippen LogP contribution in [-0.4, -0.2) is 88.5 Å². The van der Waals surface area contributed by atoms with Crippen LogP contribution in [0.4, 0.5) is 0 Å². The molecule has 0 fully saturated rings. The van der Waals surface area contributed by atoms with Crippen molar-refractivity contribution in [2.75, 3.05) is 40.9 Å². The monoisotopic (exact) mass is 500 g/mol. The number of likely N-dealkylation sites (N-methyl/N-ethyl adjacent to an activating group) is 1. The Labute approximate surface area is 201 Å². The number of quaternary nitrogens is 1. The van der Waals surface area contributed by atoms with Crippen LogP contribution in [0.2, 0.25) is 0 Å². The molecule has 0 amide bonds. The summed E-state index contributed by atoms with van der Waals surface area (Å²) >= 11 is 0. The minimum Gasteiger partial charge on any atom is -0.394 e. The summed E-state index contributed by atoms with van der Waals surface area (Å²) in [5.74, 6) is -0.367. The second kappa shape index (κ2) is 20.9. The number of phosphoric acid groups is 1. The van der Waals surface area contributed by atoms with Gasteiger partial charge in [-0.2, -0.15) is 0 Å². The molecule has 0 aliphatic carbocycles. The number of Topliss-reactive ketones (excluding diaryl/α,β-unsaturated/α-hetero) is 1. The number of carbonyl (C=O) groups is 1. The van der Waals surface area contributed by atoms with Crippen molar-refractivity contribution in [1.29, 1.82) is 0 Å². The SMILES string of the molecule is CCCCCCCCCCCCCCC(=O)C(O)C(O)CO.C[N+](C)(C)CCOP(=O)(O)O. The quantitative estimate of drug-likeness (QED) is 0.0974. The summed E-state index contributed by atoms with van der Waals surface area (Å²) in [6.45, 7) is 2.31. The fraction of sp³-hybridized carbons (Fsp3) is 0.957. The van der Waals surface area contributed by atoms with Gasteiger partial charge < -0.3 is 29.6 Å². The smallest absolute Gasteiger partial charge is 0.394 e. The minimum atomic E-state index is -4.26. The number of aliphatic hydroxyl groups is 3. The lowest BCUT2D eigenvalue weighted by Crippen LogP contribution is -2.37. The van der Waals surface area contributed by atoms with Crippen LogP contribution in [0.3, 0.4) is 0 Å². The Morgan fingerprint density at radius 2 is 1.27 bits per heavy atom. The molecular formula is C23H51NO8P+. The van der Waals surface area contributed by atoms with Gasteiger partial charge in [-0.3, -0.25) is 9.32 Å². The molecule has 33 heavy (non-hydrogen) atoms. The van der Waals surface area contributed by atoms with E-state index in [1.807, 2.05) is 21.1 Å². The summed E-state index contributed by atoms with van der Waals surface area (Å²) < 4.78 is 15.1. The number of phosphoric ester groups is 1. The number of unbranched alkanes of at least 4 members (excludes halogenated alkanes) is 11. The van der Waals surface area contributed by atoms with Crippen molar-refractivity contribution in [3.63, 3.8) is 0 Å². The first-order chi connectivity index (χ1) is 15.3. The molecule has 0 aromatic carbocycles. The van der Waals surface area contributed by atoms with Gasteiger partial charge in [-0.1, -0.05) is 77.6 Å². The predicted octanol–water partition coefficient (Wildman–Crippen LogP) is 3.16. The summed E-state index contributed by atoms with van der Waals surface area (Å²) in [6.07, 6.45) is 12.3. The number of aliphatic hydroxyl groups excluding tert-OH is 3. The molecule has 0 bridgehead atoms. The molecule has 0 heterocycles. The molecular weight excluding hydrogens is 449 g/mol. The molecule has 10 heteroatoms. The van der Waals surface area contributed by atoms with Gasteiger partial charge in [-0.25, -0.2) is 4.57 Å². The van der Waals surface area contributed by atoms with Crippen LogP contribution < -0.4 is 0 Å². The number of ketones is 1. The Hall–Kier alpha value is -0.380. The van der Waals surface area contributed by atoms with E-state index in [1.54, 1.807) is 0 Å². The van der Waals surface area contributed by atoms with Crippen molar-refractivity contribution in [3.05, 3.63) is 0 Å². The van der Waals surface area contributed by atoms with Gasteiger partial charge in [-0.05, 0) is 6.42 Å². The van der Waals surface area contributed by atoms with E-state index in [4.69, 9.17) is 20.0 Å². The fourth-order valence-corrected chi connectivity index (χ4v) is 3.36. The van der Waals surface area contributed by atoms with Gasteiger partial charge in [0.1, 0.15) is 25.4 Å². The molecule has 0 spiro atoms. The average Bonchev–Trinajstić information content (AvgIpc) is 2.71. The Morgan fingerprint density at radius 1 is 0.848 bits per heavy atom. The highest BCUT2D eigenvalue weighted by Gasteiger charge is 2.22. The molecule has 0 aliphatic heterocycles. The molecule has 0 aromatic heterocycles. The Kier molecular flexibility index (Phi) is 22.1. The average molecular weight is 501 g/mol. The highest BCUT2D eigenvalue weighted by Crippen LogP contribution is 2.35. The first-order valence-electron chi connectivity index (χ1n) is 12.3. The molecule has 200 valence electrons. The molecule has 0 rings (SSSR count). The van der Waals surface area contributed by atoms with Crippen LogP contribution in [-0.2, 0) is 13.9 Å². The van der Waals surface area contributed by atoms with E-state index in [9.17, 15) is 14.5 Å². The van der Waals surface area contributed by atoms with E-state index in [0.29, 0.717) is 11.0 Å². The first kappa shape index (κ1) is 34.8. The fourth-order valence-electron chi connectivity index (χ4n) is 3.04. The zero-order valence-electron chi connectivity index (χ0n) is 21.3. The van der Waals surface area contributed by atoms with E-state index >= 15 is 0 Å². The Morgan fingerprint density at radius 3 is 1.64 bits per heavy atom. The first-order valence-corrected chi connectivity index (χ1v) is 13.9. The van der Waals surface area contributed by atoms with Gasteiger partial charge >= 0.3 is 7.82 Å². The predicted molar refractivity (Wildman–Crippen MR) is 131 cm³/mol. The number of rotatable bonds is 20. The maximum atomic E-state index is 11.5. The normalized spacial score (nSPS) is 13.8. The number of hydrogen-bond donors (Lipinski definition) is 5. The summed E-state index contributed by atoms with van der Waals surface area (Å²) in [5, 5.41) is 27.2. The third kappa shape index (κ3) is 27.7. The summed E-state index contributed by atoms with van der Waals surface area (Å²) in [4.78, 5) is 28.1. The summed E-state index contributed by atoms with van der Waals surface area (Å²) in [5.41, 5.74) is 0. The van der Waals surface area contributed by atoms with E-state index in [1.165, 1.54) is 57.8 Å². The van der Waals surface area contributed by atoms with Crippen LogP contribution in [0, 0.1) is 0 Å². The summed E-state index contributed by atoms with van der Waals surface area (Å²) in [6, 6.07) is 0. The molecule has 9 nitrogen and oxygen atoms in total. The summed E-state index contributed by atoms with van der Waals surface area (Å²) in [7, 11) is 1.50. The maximum Gasteiger partial charge on any atom is 0.469 e. The molecule has 0 saturated heterocycles. The van der Waals surface area contributed by atoms with E-state index in [2.05, 4.69) is 11.4 Å². The number of hydrogen-bond acceptors (Lipinski definition) is 6. The molecule has 0 radical (unpaired) electrons. The second-order valence-electron chi connectivity index (χ2n) is 9.64.